The van der Waals surface area contributed by atoms with Gasteiger partial charge < -0.3 is 5.11 Å². The van der Waals surface area contributed by atoms with E-state index in [0.29, 0.717) is 5.75 Å². The van der Waals surface area contributed by atoms with Gasteiger partial charge >= 0.3 is 0 Å². The van der Waals surface area contributed by atoms with Crippen LogP contribution in [0.3, 0.4) is 0 Å². The second kappa shape index (κ2) is 4.28. The zero-order valence-corrected chi connectivity index (χ0v) is 8.71. The maximum absolute atomic E-state index is 9.10. The molecule has 1 aromatic rings. The van der Waals surface area contributed by atoms with Crippen LogP contribution in [0.25, 0.3) is 0 Å². The molecule has 10 heavy (non-hydrogen) atoms. The molecule has 0 fully saturated rings. The van der Waals surface area contributed by atoms with Crippen LogP contribution in [0.1, 0.15) is 11.1 Å². The first-order chi connectivity index (χ1) is 4.20. The minimum Gasteiger partial charge on any atom is -0.508 e. The van der Waals surface area contributed by atoms with Crippen molar-refractivity contribution < 1.29 is 45.5 Å². The van der Waals surface area contributed by atoms with E-state index in [9.17, 15) is 0 Å². The summed E-state index contributed by atoms with van der Waals surface area (Å²) < 4.78 is 0. The Morgan fingerprint density at radius 3 is 2.20 bits per heavy atom. The number of aryl methyl sites for hydroxylation is 2. The van der Waals surface area contributed by atoms with E-state index < -0.39 is 0 Å². The Labute approximate surface area is 93.6 Å². The van der Waals surface area contributed by atoms with Crippen LogP contribution in [-0.2, 0) is 0 Å². The smallest absolute Gasteiger partial charge is 0.118 e. The first-order valence-corrected chi connectivity index (χ1v) is 2.96. The summed E-state index contributed by atoms with van der Waals surface area (Å²) in [6.07, 6.45) is 0. The predicted molar refractivity (Wildman–Crippen MR) is 37.6 cm³/mol. The van der Waals surface area contributed by atoms with Crippen LogP contribution >= 0.6 is 0 Å². The molecule has 0 radical (unpaired) electrons. The molecule has 0 atom stereocenters. The third-order valence-corrected chi connectivity index (χ3v) is 1.36. The van der Waals surface area contributed by atoms with E-state index in [1.165, 1.54) is 0 Å². The number of phenolic OH excluding ortho intramolecular Hbond substituents is 1. The fourth-order valence-electron chi connectivity index (χ4n) is 0.719. The van der Waals surface area contributed by atoms with Crippen LogP contribution in [0.2, 0.25) is 0 Å². The van der Waals surface area contributed by atoms with Crippen LogP contribution in [0, 0.1) is 54.2 Å². The fourth-order valence-corrected chi connectivity index (χ4v) is 0.719. The molecule has 1 N–H and O–H groups in total. The van der Waals surface area contributed by atoms with Gasteiger partial charge in [-0.1, -0.05) is 12.1 Å². The molecule has 1 nitrogen and oxygen atoms in total. The predicted octanol–water partition coefficient (Wildman–Crippen LogP) is 2.01. The second-order valence-electron chi connectivity index (χ2n) is 2.29. The summed E-state index contributed by atoms with van der Waals surface area (Å²) in [5.74, 6) is 0.384. The normalized spacial score (nSPS) is 8.60. The molecule has 1 aromatic carbocycles. The van der Waals surface area contributed by atoms with Gasteiger partial charge in [0.25, 0.3) is 0 Å². The number of rotatable bonds is 0. The summed E-state index contributed by atoms with van der Waals surface area (Å²) >= 11 is 0. The molecule has 0 aliphatic heterocycles. The molecule has 0 amide bonds. The van der Waals surface area contributed by atoms with E-state index in [0.717, 1.165) is 11.1 Å². The van der Waals surface area contributed by atoms with E-state index >= 15 is 0 Å². The van der Waals surface area contributed by atoms with Crippen molar-refractivity contribution >= 4 is 0 Å². The standard InChI is InChI=1S/C8H10O.Sm/c1-6-3-4-7(2)8(9)5-6;/h3-5,9H,1-2H3;. The van der Waals surface area contributed by atoms with Gasteiger partial charge in [-0.3, -0.25) is 0 Å². The van der Waals surface area contributed by atoms with E-state index in [2.05, 4.69) is 0 Å². The van der Waals surface area contributed by atoms with E-state index in [1.54, 1.807) is 6.07 Å². The van der Waals surface area contributed by atoms with Crippen LogP contribution in [0.5, 0.6) is 5.75 Å². The van der Waals surface area contributed by atoms with Crippen LogP contribution in [-0.4, -0.2) is 5.11 Å². The summed E-state index contributed by atoms with van der Waals surface area (Å²) in [5, 5.41) is 9.10. The van der Waals surface area contributed by atoms with E-state index in [-0.39, 0.29) is 40.4 Å². The molecule has 54 valence electrons. The maximum Gasteiger partial charge on any atom is 0.118 e. The molecular weight excluding hydrogens is 262 g/mol. The maximum atomic E-state index is 9.10. The average Bonchev–Trinajstić information content (AvgIpc) is 1.80. The molecule has 1 rings (SSSR count). The van der Waals surface area contributed by atoms with Gasteiger partial charge in [0, 0.05) is 40.4 Å². The SMILES string of the molecule is Cc1ccc(C)c(O)c1.[Sm]. The van der Waals surface area contributed by atoms with Crippen molar-refractivity contribution in [3.05, 3.63) is 29.3 Å². The molecule has 0 spiro atoms. The molecule has 0 aliphatic rings. The third-order valence-electron chi connectivity index (χ3n) is 1.36. The molecule has 0 bridgehead atoms. The van der Waals surface area contributed by atoms with Crippen molar-refractivity contribution in [2.75, 3.05) is 0 Å². The molecule has 0 heterocycles. The van der Waals surface area contributed by atoms with Crippen molar-refractivity contribution in [2.45, 2.75) is 13.8 Å². The Morgan fingerprint density at radius 1 is 1.20 bits per heavy atom. The van der Waals surface area contributed by atoms with Crippen LogP contribution < -0.4 is 0 Å². The van der Waals surface area contributed by atoms with Gasteiger partial charge in [0.05, 0.1) is 0 Å². The second-order valence-corrected chi connectivity index (χ2v) is 2.29. The van der Waals surface area contributed by atoms with Crippen molar-refractivity contribution in [2.24, 2.45) is 0 Å². The number of phenols is 1. The Kier molecular flexibility index (Phi) is 4.43. The topological polar surface area (TPSA) is 20.2 Å². The number of aromatic hydroxyl groups is 1. The van der Waals surface area contributed by atoms with Crippen molar-refractivity contribution in [3.63, 3.8) is 0 Å². The third kappa shape index (κ3) is 2.54. The van der Waals surface area contributed by atoms with Gasteiger partial charge in [-0.15, -0.1) is 0 Å². The summed E-state index contributed by atoms with van der Waals surface area (Å²) in [5.41, 5.74) is 2.03. The average molecular weight is 273 g/mol. The number of hydrogen-bond acceptors (Lipinski definition) is 1. The van der Waals surface area contributed by atoms with Gasteiger partial charge in [0.15, 0.2) is 0 Å². The summed E-state index contributed by atoms with van der Waals surface area (Å²) in [6.45, 7) is 3.84. The summed E-state index contributed by atoms with van der Waals surface area (Å²) in [7, 11) is 0. The zero-order chi connectivity index (χ0) is 6.85. The molecular formula is C8H10OSm. The van der Waals surface area contributed by atoms with Crippen LogP contribution in [0.4, 0.5) is 0 Å². The van der Waals surface area contributed by atoms with E-state index in [4.69, 9.17) is 5.11 Å². The minimum absolute atomic E-state index is 0. The van der Waals surface area contributed by atoms with Crippen LogP contribution in [0.15, 0.2) is 18.2 Å². The molecule has 0 aliphatic carbocycles. The molecule has 0 aromatic heterocycles. The molecule has 0 saturated heterocycles. The summed E-state index contributed by atoms with van der Waals surface area (Å²) in [4.78, 5) is 0. The van der Waals surface area contributed by atoms with Crippen molar-refractivity contribution in [1.29, 1.82) is 0 Å². The summed E-state index contributed by atoms with van der Waals surface area (Å²) in [6, 6.07) is 5.65. The van der Waals surface area contributed by atoms with E-state index in [1.807, 2.05) is 26.0 Å². The van der Waals surface area contributed by atoms with Gasteiger partial charge in [0.1, 0.15) is 5.75 Å². The Balaban J connectivity index is 0.000000810. The quantitative estimate of drug-likeness (QED) is 0.766. The fraction of sp³-hybridized carbons (Fsp3) is 0.250. The van der Waals surface area contributed by atoms with Gasteiger partial charge in [0.2, 0.25) is 0 Å². The first kappa shape index (κ1) is 10.4. The Bertz CT molecular complexity index is 220. The zero-order valence-electron chi connectivity index (χ0n) is 6.09. The van der Waals surface area contributed by atoms with Crippen molar-refractivity contribution in [3.8, 4) is 5.75 Å². The minimum atomic E-state index is 0. The number of hydrogen-bond donors (Lipinski definition) is 1. The van der Waals surface area contributed by atoms with Gasteiger partial charge in [-0.2, -0.15) is 0 Å². The largest absolute Gasteiger partial charge is 0.508 e. The molecule has 0 saturated carbocycles. The Hall–Kier alpha value is 0.358. The van der Waals surface area contributed by atoms with Crippen molar-refractivity contribution in [1.82, 2.24) is 0 Å². The number of benzene rings is 1. The molecule has 2 heteroatoms. The Morgan fingerprint density at radius 2 is 1.80 bits per heavy atom. The van der Waals surface area contributed by atoms with Gasteiger partial charge in [-0.05, 0) is 31.0 Å². The van der Waals surface area contributed by atoms with Gasteiger partial charge in [-0.25, -0.2) is 0 Å². The molecule has 0 unspecified atom stereocenters. The monoisotopic (exact) mass is 274 g/mol. The first-order valence-electron chi connectivity index (χ1n) is 2.96.